The zero-order valence-corrected chi connectivity index (χ0v) is 10.5. The molecule has 1 N–H and O–H groups in total. The highest BCUT2D eigenvalue weighted by molar-refractivity contribution is 6.08. The molecule has 0 unspecified atom stereocenters. The Kier molecular flexibility index (Phi) is 3.98. The van der Waals surface area contributed by atoms with Gasteiger partial charge in [-0.3, -0.25) is 4.79 Å². The van der Waals surface area contributed by atoms with E-state index in [9.17, 15) is 9.90 Å². The van der Waals surface area contributed by atoms with Crippen molar-refractivity contribution in [1.29, 1.82) is 0 Å². The number of hydrogen-bond donors (Lipinski definition) is 1. The number of methoxy groups -OCH3 is 1. The molecule has 0 bridgehead atoms. The van der Waals surface area contributed by atoms with E-state index in [2.05, 4.69) is 0 Å². The second-order valence-corrected chi connectivity index (χ2v) is 3.99. The predicted octanol–water partition coefficient (Wildman–Crippen LogP) is 3.30. The molecule has 2 rings (SSSR count). The van der Waals surface area contributed by atoms with Crippen LogP contribution in [0.15, 0.2) is 54.6 Å². The molecule has 96 valence electrons. The highest BCUT2D eigenvalue weighted by Crippen LogP contribution is 2.18. The monoisotopic (exact) mass is 254 g/mol. The summed E-state index contributed by atoms with van der Waals surface area (Å²) in [4.78, 5) is 11.9. The standard InChI is InChI=1S/C16H14O3/c1-19-13-6-4-5-12(11-13)9-10-16(18)14-7-2-3-8-15(14)17/h2-11,17H,1H3/b10-9-. The highest BCUT2D eigenvalue weighted by atomic mass is 16.5. The fourth-order valence-electron chi connectivity index (χ4n) is 1.69. The van der Waals surface area contributed by atoms with Gasteiger partial charge in [-0.1, -0.05) is 30.3 Å². The van der Waals surface area contributed by atoms with Crippen LogP contribution in [0.5, 0.6) is 11.5 Å². The molecule has 0 heterocycles. The Hall–Kier alpha value is -2.55. The van der Waals surface area contributed by atoms with Crippen molar-refractivity contribution in [3.05, 3.63) is 65.7 Å². The van der Waals surface area contributed by atoms with Gasteiger partial charge in [0, 0.05) is 0 Å². The molecule has 0 saturated carbocycles. The first-order chi connectivity index (χ1) is 9.20. The minimum atomic E-state index is -0.235. The third-order valence-electron chi connectivity index (χ3n) is 2.69. The molecule has 19 heavy (non-hydrogen) atoms. The van der Waals surface area contributed by atoms with Crippen molar-refractivity contribution in [1.82, 2.24) is 0 Å². The van der Waals surface area contributed by atoms with Crippen LogP contribution in [0.25, 0.3) is 6.08 Å². The molecule has 0 spiro atoms. The number of rotatable bonds is 4. The van der Waals surface area contributed by atoms with Crippen LogP contribution < -0.4 is 4.74 Å². The van der Waals surface area contributed by atoms with Crippen LogP contribution in [0, 0.1) is 0 Å². The lowest BCUT2D eigenvalue weighted by molar-refractivity contribution is 0.104. The average Bonchev–Trinajstić information content (AvgIpc) is 2.45. The number of phenolic OH excluding ortho intramolecular Hbond substituents is 1. The van der Waals surface area contributed by atoms with E-state index in [1.54, 1.807) is 31.4 Å². The van der Waals surface area contributed by atoms with Crippen molar-refractivity contribution in [2.24, 2.45) is 0 Å². The summed E-state index contributed by atoms with van der Waals surface area (Å²) < 4.78 is 5.11. The number of carbonyl (C=O) groups excluding carboxylic acids is 1. The predicted molar refractivity (Wildman–Crippen MR) is 74.5 cm³/mol. The Balaban J connectivity index is 2.18. The number of allylic oxidation sites excluding steroid dienone is 1. The van der Waals surface area contributed by atoms with E-state index >= 15 is 0 Å². The van der Waals surface area contributed by atoms with Crippen molar-refractivity contribution < 1.29 is 14.6 Å². The van der Waals surface area contributed by atoms with E-state index < -0.39 is 0 Å². The number of para-hydroxylation sites is 1. The Bertz CT molecular complexity index is 615. The first-order valence-electron chi connectivity index (χ1n) is 5.85. The Morgan fingerprint density at radius 3 is 2.68 bits per heavy atom. The van der Waals surface area contributed by atoms with Crippen LogP contribution in [0.4, 0.5) is 0 Å². The molecule has 0 atom stereocenters. The molecule has 0 aliphatic heterocycles. The van der Waals surface area contributed by atoms with Crippen molar-refractivity contribution >= 4 is 11.9 Å². The fourth-order valence-corrected chi connectivity index (χ4v) is 1.69. The maximum Gasteiger partial charge on any atom is 0.189 e. The van der Waals surface area contributed by atoms with Crippen molar-refractivity contribution in [2.45, 2.75) is 0 Å². The number of aromatic hydroxyl groups is 1. The van der Waals surface area contributed by atoms with E-state index in [4.69, 9.17) is 4.74 Å². The highest BCUT2D eigenvalue weighted by Gasteiger charge is 2.06. The molecular formula is C16H14O3. The van der Waals surface area contributed by atoms with Gasteiger partial charge in [-0.2, -0.15) is 0 Å². The lowest BCUT2D eigenvalue weighted by atomic mass is 10.1. The fraction of sp³-hybridized carbons (Fsp3) is 0.0625. The van der Waals surface area contributed by atoms with Crippen molar-refractivity contribution in [3.8, 4) is 11.5 Å². The van der Waals surface area contributed by atoms with Crippen LogP contribution >= 0.6 is 0 Å². The third-order valence-corrected chi connectivity index (χ3v) is 2.69. The number of carbonyl (C=O) groups is 1. The maximum atomic E-state index is 11.9. The zero-order chi connectivity index (χ0) is 13.7. The molecule has 0 aliphatic carbocycles. The molecule has 0 amide bonds. The quantitative estimate of drug-likeness (QED) is 0.672. The third kappa shape index (κ3) is 3.22. The van der Waals surface area contributed by atoms with Crippen LogP contribution in [0.3, 0.4) is 0 Å². The molecular weight excluding hydrogens is 240 g/mol. The first-order valence-corrected chi connectivity index (χ1v) is 5.85. The largest absolute Gasteiger partial charge is 0.507 e. The molecule has 0 radical (unpaired) electrons. The maximum absolute atomic E-state index is 11.9. The van der Waals surface area contributed by atoms with Gasteiger partial charge in [-0.05, 0) is 35.9 Å². The summed E-state index contributed by atoms with van der Waals surface area (Å²) in [6.45, 7) is 0. The van der Waals surface area contributed by atoms with E-state index in [-0.39, 0.29) is 11.5 Å². The van der Waals surface area contributed by atoms with Gasteiger partial charge < -0.3 is 9.84 Å². The van der Waals surface area contributed by atoms with E-state index in [1.807, 2.05) is 24.3 Å². The Labute approximate surface area is 111 Å². The number of benzene rings is 2. The number of ketones is 1. The molecule has 3 heteroatoms. The minimum Gasteiger partial charge on any atom is -0.507 e. The Morgan fingerprint density at radius 2 is 1.95 bits per heavy atom. The summed E-state index contributed by atoms with van der Waals surface area (Å²) in [7, 11) is 1.59. The smallest absolute Gasteiger partial charge is 0.189 e. The summed E-state index contributed by atoms with van der Waals surface area (Å²) in [5.41, 5.74) is 1.16. The molecule has 0 fully saturated rings. The molecule has 0 aromatic heterocycles. The number of ether oxygens (including phenoxy) is 1. The van der Waals surface area contributed by atoms with Gasteiger partial charge in [-0.15, -0.1) is 0 Å². The van der Waals surface area contributed by atoms with E-state index in [1.165, 1.54) is 12.1 Å². The van der Waals surface area contributed by atoms with Crippen LogP contribution in [-0.4, -0.2) is 18.0 Å². The first kappa shape index (κ1) is 12.9. The molecule has 2 aromatic rings. The number of hydrogen-bond acceptors (Lipinski definition) is 3. The SMILES string of the molecule is COc1cccc(/C=C\C(=O)c2ccccc2O)c1. The molecule has 3 nitrogen and oxygen atoms in total. The lowest BCUT2D eigenvalue weighted by Gasteiger charge is -2.01. The zero-order valence-electron chi connectivity index (χ0n) is 10.5. The minimum absolute atomic E-state index is 0.0113. The summed E-state index contributed by atoms with van der Waals surface area (Å²) in [5, 5.41) is 9.59. The summed E-state index contributed by atoms with van der Waals surface area (Å²) in [5.74, 6) is 0.487. The second-order valence-electron chi connectivity index (χ2n) is 3.99. The normalized spacial score (nSPS) is 10.6. The summed E-state index contributed by atoms with van der Waals surface area (Å²) in [6, 6.07) is 13.9. The Morgan fingerprint density at radius 1 is 1.16 bits per heavy atom. The topological polar surface area (TPSA) is 46.5 Å². The van der Waals surface area contributed by atoms with Gasteiger partial charge in [0.2, 0.25) is 0 Å². The van der Waals surface area contributed by atoms with Gasteiger partial charge in [0.15, 0.2) is 5.78 Å². The van der Waals surface area contributed by atoms with E-state index in [0.29, 0.717) is 5.56 Å². The summed E-state index contributed by atoms with van der Waals surface area (Å²) in [6.07, 6.45) is 3.13. The van der Waals surface area contributed by atoms with Gasteiger partial charge in [-0.25, -0.2) is 0 Å². The van der Waals surface area contributed by atoms with Gasteiger partial charge in [0.05, 0.1) is 12.7 Å². The van der Waals surface area contributed by atoms with Crippen LogP contribution in [0.1, 0.15) is 15.9 Å². The van der Waals surface area contributed by atoms with Crippen LogP contribution in [0.2, 0.25) is 0 Å². The summed E-state index contributed by atoms with van der Waals surface area (Å²) >= 11 is 0. The van der Waals surface area contributed by atoms with Crippen LogP contribution in [-0.2, 0) is 0 Å². The lowest BCUT2D eigenvalue weighted by Crippen LogP contribution is -1.94. The van der Waals surface area contributed by atoms with Crippen molar-refractivity contribution in [2.75, 3.05) is 7.11 Å². The van der Waals surface area contributed by atoms with Gasteiger partial charge in [0.1, 0.15) is 11.5 Å². The number of phenols is 1. The van der Waals surface area contributed by atoms with Crippen molar-refractivity contribution in [3.63, 3.8) is 0 Å². The van der Waals surface area contributed by atoms with Gasteiger partial charge >= 0.3 is 0 Å². The van der Waals surface area contributed by atoms with Gasteiger partial charge in [0.25, 0.3) is 0 Å². The molecule has 0 aliphatic rings. The van der Waals surface area contributed by atoms with E-state index in [0.717, 1.165) is 11.3 Å². The molecule has 2 aromatic carbocycles. The second kappa shape index (κ2) is 5.87. The molecule has 0 saturated heterocycles. The average molecular weight is 254 g/mol.